The van der Waals surface area contributed by atoms with Gasteiger partial charge in [-0.3, -0.25) is 4.90 Å². The average Bonchev–Trinajstić information content (AvgIpc) is 3.15. The van der Waals surface area contributed by atoms with E-state index >= 15 is 0 Å². The lowest BCUT2D eigenvalue weighted by Gasteiger charge is -2.21. The molecule has 0 spiro atoms. The Balaban J connectivity index is 0.000000200. The van der Waals surface area contributed by atoms with Gasteiger partial charge in [-0.1, -0.05) is 32.1 Å². The third-order valence-corrected chi connectivity index (χ3v) is 6.38. The Morgan fingerprint density at radius 3 is 0.900 bits per heavy atom. The van der Waals surface area contributed by atoms with E-state index in [0.29, 0.717) is 0 Å². The molecule has 180 valence electrons. The molecule has 0 aromatic heterocycles. The molecule has 0 aromatic carbocycles. The number of rotatable bonds is 0. The zero-order chi connectivity index (χ0) is 21.9. The molecular formula is C25H54N4O. The third kappa shape index (κ3) is 17.5. The molecule has 0 N–H and O–H groups in total. The van der Waals surface area contributed by atoms with Crippen LogP contribution in [0.5, 0.6) is 0 Å². The van der Waals surface area contributed by atoms with E-state index in [0.717, 1.165) is 13.3 Å². The van der Waals surface area contributed by atoms with Crippen LogP contribution in [-0.4, -0.2) is 107 Å². The summed E-state index contributed by atoms with van der Waals surface area (Å²) in [5.74, 6) is 0. The Kier molecular flexibility index (Phi) is 18.1. The molecule has 0 aliphatic carbocycles. The van der Waals surface area contributed by atoms with Crippen LogP contribution in [0, 0.1) is 0 Å². The molecule has 4 aliphatic heterocycles. The van der Waals surface area contributed by atoms with Gasteiger partial charge in [0.1, 0.15) is 0 Å². The Labute approximate surface area is 189 Å². The van der Waals surface area contributed by atoms with E-state index in [-0.39, 0.29) is 0 Å². The van der Waals surface area contributed by atoms with Crippen LogP contribution in [0.4, 0.5) is 0 Å². The predicted octanol–water partition coefficient (Wildman–Crippen LogP) is 4.38. The minimum atomic E-state index is 0.819. The fourth-order valence-electron chi connectivity index (χ4n) is 4.23. The van der Waals surface area contributed by atoms with Crippen molar-refractivity contribution >= 4 is 0 Å². The van der Waals surface area contributed by atoms with Crippen molar-refractivity contribution in [3.63, 3.8) is 0 Å². The normalized spacial score (nSPS) is 25.2. The maximum absolute atomic E-state index is 5.11. The monoisotopic (exact) mass is 426 g/mol. The van der Waals surface area contributed by atoms with Crippen LogP contribution in [-0.2, 0) is 4.74 Å². The van der Waals surface area contributed by atoms with Crippen LogP contribution in [0.25, 0.3) is 0 Å². The molecule has 4 aliphatic rings. The maximum Gasteiger partial charge on any atom is 0.0987 e. The summed E-state index contributed by atoms with van der Waals surface area (Å²) in [6.45, 7) is 10.9. The summed E-state index contributed by atoms with van der Waals surface area (Å²) in [7, 11) is 8.69. The van der Waals surface area contributed by atoms with Crippen LogP contribution in [0.3, 0.4) is 0 Å². The molecule has 4 heterocycles. The summed E-state index contributed by atoms with van der Waals surface area (Å²) in [5.41, 5.74) is 0. The molecule has 0 saturated carbocycles. The lowest BCUT2D eigenvalue weighted by molar-refractivity contribution is 0.00118. The standard InChI is InChI=1S/2C7H15N.C6H13N.C5H11NO/c2*1-8-6-4-2-3-5-7-8;1-7-5-3-2-4-6-7;1-6-3-2-4-7-5-6/h2*2-7H2,1H3;2-6H2,1H3;2-5H2,1H3. The van der Waals surface area contributed by atoms with Gasteiger partial charge in [0.25, 0.3) is 0 Å². The first-order valence-corrected chi connectivity index (χ1v) is 12.9. The molecular weight excluding hydrogens is 372 g/mol. The second-order valence-electron chi connectivity index (χ2n) is 9.77. The van der Waals surface area contributed by atoms with Gasteiger partial charge in [-0.2, -0.15) is 0 Å². The highest BCUT2D eigenvalue weighted by Gasteiger charge is 2.04. The average molecular weight is 427 g/mol. The summed E-state index contributed by atoms with van der Waals surface area (Å²) in [5, 5.41) is 0. The van der Waals surface area contributed by atoms with Crippen LogP contribution >= 0.6 is 0 Å². The number of ether oxygens (including phenoxy) is 1. The molecule has 0 atom stereocenters. The summed E-state index contributed by atoms with van der Waals surface area (Å²) in [4.78, 5) is 9.41. The van der Waals surface area contributed by atoms with E-state index in [2.05, 4.69) is 47.8 Å². The quantitative estimate of drug-likeness (QED) is 0.571. The smallest absolute Gasteiger partial charge is 0.0987 e. The minimum Gasteiger partial charge on any atom is -0.366 e. The molecule has 0 radical (unpaired) electrons. The van der Waals surface area contributed by atoms with Crippen molar-refractivity contribution in [3.05, 3.63) is 0 Å². The van der Waals surface area contributed by atoms with Gasteiger partial charge >= 0.3 is 0 Å². The molecule has 4 rings (SSSR count). The maximum atomic E-state index is 5.11. The van der Waals surface area contributed by atoms with Crippen molar-refractivity contribution in [3.8, 4) is 0 Å². The molecule has 4 fully saturated rings. The number of hydrogen-bond donors (Lipinski definition) is 0. The van der Waals surface area contributed by atoms with E-state index < -0.39 is 0 Å². The molecule has 0 amide bonds. The summed E-state index contributed by atoms with van der Waals surface area (Å²) in [6, 6.07) is 0. The number of piperidine rings is 1. The molecule has 30 heavy (non-hydrogen) atoms. The van der Waals surface area contributed by atoms with E-state index in [1.165, 1.54) is 123 Å². The van der Waals surface area contributed by atoms with E-state index in [9.17, 15) is 0 Å². The van der Waals surface area contributed by atoms with Gasteiger partial charge in [0.05, 0.1) is 6.73 Å². The zero-order valence-corrected chi connectivity index (χ0v) is 21.0. The van der Waals surface area contributed by atoms with Gasteiger partial charge in [0.2, 0.25) is 0 Å². The zero-order valence-electron chi connectivity index (χ0n) is 21.0. The van der Waals surface area contributed by atoms with Gasteiger partial charge in [-0.05, 0) is 112 Å². The molecule has 0 unspecified atom stereocenters. The summed E-state index contributed by atoms with van der Waals surface area (Å²) >= 11 is 0. The Morgan fingerprint density at radius 2 is 0.667 bits per heavy atom. The minimum absolute atomic E-state index is 0.819. The molecule has 0 aromatic rings. The van der Waals surface area contributed by atoms with Gasteiger partial charge < -0.3 is 19.4 Å². The first kappa shape index (κ1) is 27.8. The molecule has 5 nitrogen and oxygen atoms in total. The van der Waals surface area contributed by atoms with Crippen LogP contribution in [0.15, 0.2) is 0 Å². The SMILES string of the molecule is CN1CCCCC1.CN1CCCCCC1.CN1CCCCCC1.CN1CCCOC1. The van der Waals surface area contributed by atoms with Crippen LogP contribution in [0.2, 0.25) is 0 Å². The van der Waals surface area contributed by atoms with Gasteiger partial charge in [-0.15, -0.1) is 0 Å². The largest absolute Gasteiger partial charge is 0.366 e. The fraction of sp³-hybridized carbons (Fsp3) is 1.00. The van der Waals surface area contributed by atoms with Gasteiger partial charge in [0, 0.05) is 13.2 Å². The third-order valence-electron chi connectivity index (χ3n) is 6.38. The van der Waals surface area contributed by atoms with Gasteiger partial charge in [-0.25, -0.2) is 0 Å². The van der Waals surface area contributed by atoms with E-state index in [1.54, 1.807) is 0 Å². The molecule has 0 bridgehead atoms. The molecule has 4 saturated heterocycles. The summed E-state index contributed by atoms with van der Waals surface area (Å²) < 4.78 is 5.11. The Morgan fingerprint density at radius 1 is 0.367 bits per heavy atom. The highest BCUT2D eigenvalue weighted by molar-refractivity contribution is 4.59. The molecule has 5 heteroatoms. The predicted molar refractivity (Wildman–Crippen MR) is 131 cm³/mol. The van der Waals surface area contributed by atoms with E-state index in [4.69, 9.17) is 4.74 Å². The highest BCUT2D eigenvalue weighted by Crippen LogP contribution is 2.07. The first-order valence-electron chi connectivity index (χ1n) is 12.9. The van der Waals surface area contributed by atoms with Crippen molar-refractivity contribution in [2.24, 2.45) is 0 Å². The van der Waals surface area contributed by atoms with Crippen molar-refractivity contribution in [2.75, 3.05) is 87.3 Å². The van der Waals surface area contributed by atoms with E-state index in [1.807, 2.05) is 0 Å². The highest BCUT2D eigenvalue weighted by atomic mass is 16.5. The van der Waals surface area contributed by atoms with Crippen molar-refractivity contribution < 1.29 is 4.74 Å². The number of hydrogen-bond acceptors (Lipinski definition) is 5. The number of likely N-dealkylation sites (tertiary alicyclic amines) is 3. The van der Waals surface area contributed by atoms with Crippen molar-refractivity contribution in [1.29, 1.82) is 0 Å². The lowest BCUT2D eigenvalue weighted by Crippen LogP contribution is -2.28. The summed E-state index contributed by atoms with van der Waals surface area (Å²) in [6.07, 6.45) is 16.9. The Bertz CT molecular complexity index is 307. The van der Waals surface area contributed by atoms with Crippen LogP contribution in [0.1, 0.15) is 77.0 Å². The van der Waals surface area contributed by atoms with Crippen molar-refractivity contribution in [1.82, 2.24) is 19.6 Å². The second kappa shape index (κ2) is 19.5. The second-order valence-corrected chi connectivity index (χ2v) is 9.77. The topological polar surface area (TPSA) is 22.2 Å². The fourth-order valence-corrected chi connectivity index (χ4v) is 4.23. The van der Waals surface area contributed by atoms with Crippen LogP contribution < -0.4 is 0 Å². The number of nitrogens with zero attached hydrogens (tertiary/aromatic N) is 4. The Hall–Kier alpha value is -0.200. The lowest BCUT2D eigenvalue weighted by atomic mass is 10.1. The first-order chi connectivity index (χ1) is 14.6. The van der Waals surface area contributed by atoms with Gasteiger partial charge in [0.15, 0.2) is 0 Å². The van der Waals surface area contributed by atoms with Crippen molar-refractivity contribution in [2.45, 2.75) is 77.0 Å².